The van der Waals surface area contributed by atoms with Gasteiger partial charge in [0.25, 0.3) is 0 Å². The Balaban J connectivity index is 1.88. The Morgan fingerprint density at radius 2 is 2.12 bits per heavy atom. The van der Waals surface area contributed by atoms with E-state index in [0.29, 0.717) is 12.3 Å². The van der Waals surface area contributed by atoms with Gasteiger partial charge in [0.2, 0.25) is 0 Å². The van der Waals surface area contributed by atoms with Gasteiger partial charge in [0.15, 0.2) is 0 Å². The zero-order chi connectivity index (χ0) is 11.6. The summed E-state index contributed by atoms with van der Waals surface area (Å²) in [6.07, 6.45) is 2.20. The van der Waals surface area contributed by atoms with Crippen molar-refractivity contribution in [3.63, 3.8) is 0 Å². The number of benzene rings is 1. The summed E-state index contributed by atoms with van der Waals surface area (Å²) in [7, 11) is 0. The fourth-order valence-corrected chi connectivity index (χ4v) is 2.14. The Bertz CT molecular complexity index is 377. The number of aliphatic hydroxyl groups is 1. The summed E-state index contributed by atoms with van der Waals surface area (Å²) in [5.41, 5.74) is 0.991. The highest BCUT2D eigenvalue weighted by Crippen LogP contribution is 2.44. The van der Waals surface area contributed by atoms with Crippen molar-refractivity contribution < 1.29 is 10.2 Å². The Hall–Kier alpha value is -0.580. The molecule has 3 N–H and O–H groups in total. The summed E-state index contributed by atoms with van der Waals surface area (Å²) in [5, 5.41) is 22.2. The van der Waals surface area contributed by atoms with Gasteiger partial charge in [-0.2, -0.15) is 0 Å². The van der Waals surface area contributed by atoms with Crippen LogP contribution in [0.2, 0.25) is 0 Å². The van der Waals surface area contributed by atoms with Crippen LogP contribution in [0.4, 0.5) is 0 Å². The normalized spacial score (nSPS) is 17.4. The van der Waals surface area contributed by atoms with E-state index < -0.39 is 0 Å². The monoisotopic (exact) mass is 285 g/mol. The Morgan fingerprint density at radius 3 is 2.75 bits per heavy atom. The molecule has 88 valence electrons. The highest BCUT2D eigenvalue weighted by atomic mass is 79.9. The van der Waals surface area contributed by atoms with Gasteiger partial charge in [0, 0.05) is 30.7 Å². The molecule has 0 atom stereocenters. The lowest BCUT2D eigenvalue weighted by Gasteiger charge is -2.13. The van der Waals surface area contributed by atoms with Crippen molar-refractivity contribution >= 4 is 15.9 Å². The quantitative estimate of drug-likeness (QED) is 0.776. The summed E-state index contributed by atoms with van der Waals surface area (Å²) in [4.78, 5) is 0. The van der Waals surface area contributed by atoms with Crippen molar-refractivity contribution in [1.82, 2.24) is 5.32 Å². The first kappa shape index (κ1) is 11.9. The van der Waals surface area contributed by atoms with Gasteiger partial charge in [0.1, 0.15) is 5.75 Å². The van der Waals surface area contributed by atoms with Crippen LogP contribution < -0.4 is 5.32 Å². The molecule has 2 rings (SSSR count). The van der Waals surface area contributed by atoms with Gasteiger partial charge in [-0.3, -0.25) is 0 Å². The molecule has 0 aromatic heterocycles. The van der Waals surface area contributed by atoms with E-state index in [4.69, 9.17) is 5.11 Å². The molecule has 1 fully saturated rings. The fourth-order valence-electron chi connectivity index (χ4n) is 1.73. The van der Waals surface area contributed by atoms with Crippen LogP contribution >= 0.6 is 15.9 Å². The molecule has 1 aromatic carbocycles. The fraction of sp³-hybridized carbons (Fsp3) is 0.500. The first-order valence-electron chi connectivity index (χ1n) is 5.45. The number of halogens is 1. The average Bonchev–Trinajstić information content (AvgIpc) is 3.05. The smallest absolute Gasteiger partial charge is 0.134 e. The van der Waals surface area contributed by atoms with Gasteiger partial charge in [-0.25, -0.2) is 0 Å². The van der Waals surface area contributed by atoms with E-state index in [1.54, 1.807) is 0 Å². The second-order valence-electron chi connectivity index (χ2n) is 4.51. The van der Waals surface area contributed by atoms with E-state index in [1.165, 1.54) is 0 Å². The lowest BCUT2D eigenvalue weighted by molar-refractivity contribution is 0.207. The molecule has 1 aromatic rings. The number of phenols is 1. The maximum absolute atomic E-state index is 9.76. The van der Waals surface area contributed by atoms with Crippen molar-refractivity contribution in [3.05, 3.63) is 28.2 Å². The second kappa shape index (κ2) is 4.73. The standard InChI is InChI=1S/C12H16BrNO2/c13-10-3-1-2-9(11(10)16)6-14-7-12(8-15)4-5-12/h1-3,14-16H,4-8H2. The third-order valence-corrected chi connectivity index (χ3v) is 3.82. The van der Waals surface area contributed by atoms with Crippen LogP contribution in [-0.4, -0.2) is 23.4 Å². The third kappa shape index (κ3) is 2.56. The molecular weight excluding hydrogens is 270 g/mol. The Morgan fingerprint density at radius 1 is 1.38 bits per heavy atom. The van der Waals surface area contributed by atoms with Gasteiger partial charge < -0.3 is 15.5 Å². The summed E-state index contributed by atoms with van der Waals surface area (Å²) in [6, 6.07) is 5.61. The molecule has 3 nitrogen and oxygen atoms in total. The van der Waals surface area contributed by atoms with Crippen LogP contribution in [0, 0.1) is 5.41 Å². The number of aliphatic hydroxyl groups excluding tert-OH is 1. The number of para-hydroxylation sites is 1. The van der Waals surface area contributed by atoms with Gasteiger partial charge in [-0.15, -0.1) is 0 Å². The van der Waals surface area contributed by atoms with Crippen molar-refractivity contribution in [3.8, 4) is 5.75 Å². The number of phenolic OH excluding ortho intramolecular Hbond substituents is 1. The SMILES string of the molecule is OCC1(CNCc2cccc(Br)c2O)CC1. The minimum atomic E-state index is 0.113. The largest absolute Gasteiger partial charge is 0.506 e. The molecule has 0 unspecified atom stereocenters. The lowest BCUT2D eigenvalue weighted by Crippen LogP contribution is -2.26. The van der Waals surface area contributed by atoms with Crippen LogP contribution in [0.25, 0.3) is 0 Å². The predicted molar refractivity (Wildman–Crippen MR) is 66.3 cm³/mol. The molecule has 1 aliphatic rings. The zero-order valence-corrected chi connectivity index (χ0v) is 10.6. The summed E-state index contributed by atoms with van der Waals surface area (Å²) >= 11 is 3.29. The summed E-state index contributed by atoms with van der Waals surface area (Å²) in [6.45, 7) is 1.70. The van der Waals surface area contributed by atoms with Crippen LogP contribution in [0.1, 0.15) is 18.4 Å². The molecule has 0 heterocycles. The Labute approximate surface area is 104 Å². The maximum atomic E-state index is 9.76. The highest BCUT2D eigenvalue weighted by Gasteiger charge is 2.41. The molecule has 0 spiro atoms. The number of hydrogen-bond donors (Lipinski definition) is 3. The van der Waals surface area contributed by atoms with Gasteiger partial charge in [-0.05, 0) is 34.8 Å². The molecule has 0 saturated heterocycles. The lowest BCUT2D eigenvalue weighted by atomic mass is 10.1. The van der Waals surface area contributed by atoms with Crippen LogP contribution in [0.3, 0.4) is 0 Å². The van der Waals surface area contributed by atoms with E-state index in [2.05, 4.69) is 21.2 Å². The first-order valence-corrected chi connectivity index (χ1v) is 6.24. The van der Waals surface area contributed by atoms with Crippen molar-refractivity contribution in [1.29, 1.82) is 0 Å². The second-order valence-corrected chi connectivity index (χ2v) is 5.36. The molecule has 4 heteroatoms. The van der Waals surface area contributed by atoms with Crippen LogP contribution in [-0.2, 0) is 6.54 Å². The van der Waals surface area contributed by atoms with Gasteiger partial charge in [-0.1, -0.05) is 12.1 Å². The zero-order valence-electron chi connectivity index (χ0n) is 9.04. The van der Waals surface area contributed by atoms with Crippen molar-refractivity contribution in [2.75, 3.05) is 13.2 Å². The van der Waals surface area contributed by atoms with Gasteiger partial charge in [0.05, 0.1) is 4.47 Å². The Kier molecular flexibility index (Phi) is 3.52. The van der Waals surface area contributed by atoms with Gasteiger partial charge >= 0.3 is 0 Å². The average molecular weight is 286 g/mol. The molecule has 1 saturated carbocycles. The minimum absolute atomic E-state index is 0.113. The van der Waals surface area contributed by atoms with Crippen molar-refractivity contribution in [2.24, 2.45) is 5.41 Å². The van der Waals surface area contributed by atoms with E-state index >= 15 is 0 Å². The van der Waals surface area contributed by atoms with E-state index in [0.717, 1.165) is 29.4 Å². The number of hydrogen-bond acceptors (Lipinski definition) is 3. The van der Waals surface area contributed by atoms with Crippen molar-refractivity contribution in [2.45, 2.75) is 19.4 Å². The summed E-state index contributed by atoms with van der Waals surface area (Å²) < 4.78 is 0.718. The number of nitrogens with one attached hydrogen (secondary N) is 1. The van der Waals surface area contributed by atoms with E-state index in [9.17, 15) is 5.11 Å². The highest BCUT2D eigenvalue weighted by molar-refractivity contribution is 9.10. The molecule has 0 radical (unpaired) electrons. The number of aromatic hydroxyl groups is 1. The van der Waals surface area contributed by atoms with E-state index in [-0.39, 0.29) is 12.0 Å². The molecule has 0 aliphatic heterocycles. The topological polar surface area (TPSA) is 52.5 Å². The van der Waals surface area contributed by atoms with E-state index in [1.807, 2.05) is 18.2 Å². The third-order valence-electron chi connectivity index (χ3n) is 3.18. The molecule has 1 aliphatic carbocycles. The van der Waals surface area contributed by atoms with Crippen LogP contribution in [0.5, 0.6) is 5.75 Å². The summed E-state index contributed by atoms with van der Waals surface area (Å²) in [5.74, 6) is 0.295. The molecular formula is C12H16BrNO2. The predicted octanol–water partition coefficient (Wildman–Crippen LogP) is 2.02. The minimum Gasteiger partial charge on any atom is -0.506 e. The maximum Gasteiger partial charge on any atom is 0.134 e. The van der Waals surface area contributed by atoms with Crippen LogP contribution in [0.15, 0.2) is 22.7 Å². The first-order chi connectivity index (χ1) is 7.67. The number of rotatable bonds is 5. The molecule has 0 amide bonds. The molecule has 16 heavy (non-hydrogen) atoms. The molecule has 0 bridgehead atoms.